The van der Waals surface area contributed by atoms with E-state index in [1.807, 2.05) is 35.7 Å². The number of hydrogen-bond acceptors (Lipinski definition) is 4. The summed E-state index contributed by atoms with van der Waals surface area (Å²) in [5.41, 5.74) is 2.75. The first-order valence-electron chi connectivity index (χ1n) is 7.95. The smallest absolute Gasteiger partial charge is 0.231 e. The molecule has 2 heterocycles. The molecule has 4 rings (SSSR count). The Morgan fingerprint density at radius 3 is 2.41 bits per heavy atom. The highest BCUT2D eigenvalue weighted by atomic mass is 35.5. The highest BCUT2D eigenvalue weighted by Crippen LogP contribution is 2.32. The fourth-order valence-electron chi connectivity index (χ4n) is 2.81. The van der Waals surface area contributed by atoms with E-state index < -0.39 is 10.0 Å². The van der Waals surface area contributed by atoms with Crippen LogP contribution in [0.25, 0.3) is 27.5 Å². The molecule has 27 heavy (non-hydrogen) atoms. The summed E-state index contributed by atoms with van der Waals surface area (Å²) in [6.07, 6.45) is 0. The Bertz CT molecular complexity index is 1200. The van der Waals surface area contributed by atoms with E-state index in [1.165, 1.54) is 6.07 Å². The quantitative estimate of drug-likeness (QED) is 0.530. The number of para-hydroxylation sites is 1. The molecule has 136 valence electrons. The molecule has 0 bridgehead atoms. The number of hydrogen-bond donors (Lipinski definition) is 1. The highest BCUT2D eigenvalue weighted by molar-refractivity contribution is 7.89. The monoisotopic (exact) mass is 415 g/mol. The van der Waals surface area contributed by atoms with Crippen LogP contribution >= 0.6 is 22.9 Å². The molecule has 0 saturated carbocycles. The lowest BCUT2D eigenvalue weighted by atomic mass is 10.1. The summed E-state index contributed by atoms with van der Waals surface area (Å²) < 4.78 is 25.8. The Balaban J connectivity index is 1.99. The minimum Gasteiger partial charge on any atom is -0.231 e. The van der Waals surface area contributed by atoms with Crippen molar-refractivity contribution in [3.8, 4) is 27.5 Å². The molecule has 0 aliphatic carbocycles. The first-order valence-corrected chi connectivity index (χ1v) is 10.8. The third-order valence-electron chi connectivity index (χ3n) is 4.02. The minimum absolute atomic E-state index is 0.0149. The van der Waals surface area contributed by atoms with Gasteiger partial charge in [0, 0.05) is 10.6 Å². The lowest BCUT2D eigenvalue weighted by molar-refractivity contribution is 0.596. The van der Waals surface area contributed by atoms with Crippen LogP contribution in [0.2, 0.25) is 5.02 Å². The van der Waals surface area contributed by atoms with Crippen LogP contribution in [0.1, 0.15) is 0 Å². The fraction of sp³-hybridized carbons (Fsp3) is 0. The van der Waals surface area contributed by atoms with Gasteiger partial charge in [-0.15, -0.1) is 11.3 Å². The van der Waals surface area contributed by atoms with Gasteiger partial charge in [0.15, 0.2) is 0 Å². The summed E-state index contributed by atoms with van der Waals surface area (Å²) in [6, 6.07) is 19.7. The molecule has 0 saturated heterocycles. The van der Waals surface area contributed by atoms with Gasteiger partial charge in [-0.25, -0.2) is 18.2 Å². The Kier molecular flexibility index (Phi) is 4.61. The third kappa shape index (κ3) is 3.54. The van der Waals surface area contributed by atoms with E-state index in [9.17, 15) is 8.42 Å². The summed E-state index contributed by atoms with van der Waals surface area (Å²) in [6.45, 7) is 0. The standard InChI is InChI=1S/C19H14ClN3O2S2/c20-14-9-7-13(8-10-14)17-12-15(18-5-3-11-26-18)22-23(17)16-4-1-2-6-19(16)27(21,24)25/h1-12H,(H2,21,24,25). The van der Waals surface area contributed by atoms with Crippen LogP contribution in [0, 0.1) is 0 Å². The van der Waals surface area contributed by atoms with Crippen molar-refractivity contribution in [2.24, 2.45) is 5.14 Å². The molecule has 2 N–H and O–H groups in total. The molecule has 2 aromatic heterocycles. The molecule has 0 unspecified atom stereocenters. The van der Waals surface area contributed by atoms with Crippen molar-refractivity contribution in [2.45, 2.75) is 4.90 Å². The van der Waals surface area contributed by atoms with E-state index >= 15 is 0 Å². The largest absolute Gasteiger partial charge is 0.240 e. The van der Waals surface area contributed by atoms with Gasteiger partial charge >= 0.3 is 0 Å². The van der Waals surface area contributed by atoms with Gasteiger partial charge in [0.2, 0.25) is 10.0 Å². The van der Waals surface area contributed by atoms with Crippen molar-refractivity contribution in [3.05, 3.63) is 77.1 Å². The third-order valence-corrected chi connectivity index (χ3v) is 6.13. The van der Waals surface area contributed by atoms with Crippen molar-refractivity contribution in [1.82, 2.24) is 9.78 Å². The number of nitrogens with zero attached hydrogens (tertiary/aromatic N) is 2. The summed E-state index contributed by atoms with van der Waals surface area (Å²) in [7, 11) is -3.91. The maximum absolute atomic E-state index is 12.1. The second kappa shape index (κ2) is 6.94. The Hall–Kier alpha value is -2.45. The molecule has 0 fully saturated rings. The van der Waals surface area contributed by atoms with Crippen LogP contribution in [-0.4, -0.2) is 18.2 Å². The summed E-state index contributed by atoms with van der Waals surface area (Å²) in [5.74, 6) is 0. The molecule has 2 aromatic carbocycles. The van der Waals surface area contributed by atoms with Gasteiger partial charge in [-0.05, 0) is 41.8 Å². The zero-order chi connectivity index (χ0) is 19.0. The second-order valence-corrected chi connectivity index (χ2v) is 8.74. The summed E-state index contributed by atoms with van der Waals surface area (Å²) in [5, 5.41) is 12.7. The van der Waals surface area contributed by atoms with E-state index in [-0.39, 0.29) is 4.90 Å². The molecule has 5 nitrogen and oxygen atoms in total. The molecule has 0 spiro atoms. The van der Waals surface area contributed by atoms with Gasteiger partial charge in [0.25, 0.3) is 0 Å². The topological polar surface area (TPSA) is 78.0 Å². The predicted molar refractivity (Wildman–Crippen MR) is 109 cm³/mol. The van der Waals surface area contributed by atoms with Gasteiger partial charge < -0.3 is 0 Å². The highest BCUT2D eigenvalue weighted by Gasteiger charge is 2.20. The molecule has 0 amide bonds. The van der Waals surface area contributed by atoms with Crippen molar-refractivity contribution < 1.29 is 8.42 Å². The van der Waals surface area contributed by atoms with Crippen LogP contribution in [0.4, 0.5) is 0 Å². The number of thiophene rings is 1. The molecule has 0 aliphatic rings. The average molecular weight is 416 g/mol. The van der Waals surface area contributed by atoms with Gasteiger partial charge in [-0.2, -0.15) is 5.10 Å². The maximum Gasteiger partial charge on any atom is 0.240 e. The van der Waals surface area contributed by atoms with Gasteiger partial charge in [0.05, 0.1) is 16.3 Å². The fourth-order valence-corrected chi connectivity index (χ4v) is 4.33. The number of nitrogens with two attached hydrogens (primary N) is 1. The van der Waals surface area contributed by atoms with Crippen LogP contribution in [0.5, 0.6) is 0 Å². The minimum atomic E-state index is -3.91. The lowest BCUT2D eigenvalue weighted by Gasteiger charge is -2.11. The Morgan fingerprint density at radius 2 is 1.74 bits per heavy atom. The first-order chi connectivity index (χ1) is 12.9. The van der Waals surface area contributed by atoms with E-state index in [4.69, 9.17) is 16.7 Å². The number of halogens is 1. The lowest BCUT2D eigenvalue weighted by Crippen LogP contribution is -2.16. The van der Waals surface area contributed by atoms with Crippen LogP contribution in [0.3, 0.4) is 0 Å². The van der Waals surface area contributed by atoms with E-state index in [0.717, 1.165) is 21.8 Å². The Morgan fingerprint density at radius 1 is 1.00 bits per heavy atom. The van der Waals surface area contributed by atoms with Crippen molar-refractivity contribution >= 4 is 33.0 Å². The first kappa shape index (κ1) is 17.9. The van der Waals surface area contributed by atoms with Gasteiger partial charge in [-0.3, -0.25) is 0 Å². The van der Waals surface area contributed by atoms with E-state index in [1.54, 1.807) is 46.4 Å². The van der Waals surface area contributed by atoms with Gasteiger partial charge in [-0.1, -0.05) is 41.9 Å². The SMILES string of the molecule is NS(=O)(=O)c1ccccc1-n1nc(-c2cccs2)cc1-c1ccc(Cl)cc1. The van der Waals surface area contributed by atoms with E-state index in [0.29, 0.717) is 10.7 Å². The molecule has 0 aliphatic heterocycles. The number of rotatable bonds is 4. The number of benzene rings is 2. The van der Waals surface area contributed by atoms with Crippen LogP contribution in [-0.2, 0) is 10.0 Å². The maximum atomic E-state index is 12.1. The zero-order valence-corrected chi connectivity index (χ0v) is 16.3. The summed E-state index contributed by atoms with van der Waals surface area (Å²) in [4.78, 5) is 0.998. The molecular formula is C19H14ClN3O2S2. The van der Waals surface area contributed by atoms with Crippen LogP contribution in [0.15, 0.2) is 77.0 Å². The predicted octanol–water partition coefficient (Wildman–Crippen LogP) is 4.57. The number of sulfonamides is 1. The van der Waals surface area contributed by atoms with Crippen molar-refractivity contribution in [1.29, 1.82) is 0 Å². The average Bonchev–Trinajstić information content (AvgIpc) is 3.31. The molecule has 4 aromatic rings. The molecule has 8 heteroatoms. The van der Waals surface area contributed by atoms with Crippen molar-refractivity contribution in [3.63, 3.8) is 0 Å². The van der Waals surface area contributed by atoms with Gasteiger partial charge in [0.1, 0.15) is 10.6 Å². The number of aromatic nitrogens is 2. The normalized spacial score (nSPS) is 11.6. The number of primary sulfonamides is 1. The summed E-state index contributed by atoms with van der Waals surface area (Å²) >= 11 is 7.57. The van der Waals surface area contributed by atoms with Crippen LogP contribution < -0.4 is 5.14 Å². The molecular weight excluding hydrogens is 402 g/mol. The van der Waals surface area contributed by atoms with Crippen molar-refractivity contribution in [2.75, 3.05) is 0 Å². The Labute approximate surface area is 165 Å². The second-order valence-electron chi connectivity index (χ2n) is 5.82. The zero-order valence-electron chi connectivity index (χ0n) is 13.9. The molecule has 0 atom stereocenters. The molecule has 0 radical (unpaired) electrons. The van der Waals surface area contributed by atoms with E-state index in [2.05, 4.69) is 5.10 Å².